The molecule has 0 unspecified atom stereocenters. The number of likely N-dealkylation sites (N-methyl/N-ethyl adjacent to an activating group) is 1. The summed E-state index contributed by atoms with van der Waals surface area (Å²) in [5.41, 5.74) is 2.28. The predicted octanol–water partition coefficient (Wildman–Crippen LogP) is -1.13. The Morgan fingerprint density at radius 2 is 1.78 bits per heavy atom. The zero-order valence-electron chi connectivity index (χ0n) is 17.6. The Morgan fingerprint density at radius 3 is 2.34 bits per heavy atom. The Morgan fingerprint density at radius 1 is 1.16 bits per heavy atom. The third-order valence-electron chi connectivity index (χ3n) is 7.13. The van der Waals surface area contributed by atoms with Crippen molar-refractivity contribution in [2.24, 2.45) is 23.5 Å². The number of aromatic hydroxyl groups is 1. The lowest BCUT2D eigenvalue weighted by Crippen LogP contribution is -2.75. The molecule has 10 nitrogen and oxygen atoms in total. The maximum Gasteiger partial charge on any atom is 0.235 e. The number of primary amides is 1. The number of amides is 1. The lowest BCUT2D eigenvalue weighted by Gasteiger charge is -2.54. The molecule has 0 saturated heterocycles. The number of phenols is 1. The summed E-state index contributed by atoms with van der Waals surface area (Å²) in [5, 5.41) is 44.1. The summed E-state index contributed by atoms with van der Waals surface area (Å²) in [6, 6.07) is 3.11. The second kappa shape index (κ2) is 6.96. The molecule has 6 N–H and O–H groups in total. The van der Waals surface area contributed by atoms with Gasteiger partial charge in [0.15, 0.2) is 23.1 Å². The van der Waals surface area contributed by atoms with Crippen molar-refractivity contribution >= 4 is 29.0 Å². The molecule has 4 rings (SSSR count). The van der Waals surface area contributed by atoms with Gasteiger partial charge in [-0.3, -0.25) is 24.1 Å². The molecule has 0 aliphatic heterocycles. The van der Waals surface area contributed by atoms with E-state index < -0.39 is 76.0 Å². The molecule has 1 aromatic carbocycles. The van der Waals surface area contributed by atoms with E-state index in [4.69, 9.17) is 5.73 Å². The zero-order chi connectivity index (χ0) is 23.9. The fraction of sp³-hybridized carbons (Fsp3) is 0.455. The van der Waals surface area contributed by atoms with Gasteiger partial charge in [0.25, 0.3) is 0 Å². The van der Waals surface area contributed by atoms with Crippen molar-refractivity contribution in [3.63, 3.8) is 0 Å². The fourth-order valence-electron chi connectivity index (χ4n) is 5.72. The number of nitrogens with two attached hydrogens (primary N) is 1. The van der Waals surface area contributed by atoms with Gasteiger partial charge in [0, 0.05) is 11.5 Å². The SMILES string of the molecule is C[C@@H]1c2cccc(O)c2C(O)=C2C(=O)[C@@]3(O)C(=O)[C@@H](C(N)=O)C(=O)[C@@H](N(C)C)[C@H]3[C@@H](O)[C@H]21. The number of hydrogen-bond donors (Lipinski definition) is 5. The van der Waals surface area contributed by atoms with Crippen molar-refractivity contribution in [2.75, 3.05) is 14.1 Å². The Hall–Kier alpha value is -3.08. The van der Waals surface area contributed by atoms with E-state index in [1.165, 1.54) is 25.1 Å². The second-order valence-corrected chi connectivity index (χ2v) is 8.94. The highest BCUT2D eigenvalue weighted by Crippen LogP contribution is 2.55. The minimum atomic E-state index is -2.97. The molecular formula is C22H24N2O8. The molecule has 1 aromatic rings. The number of aliphatic hydroxyl groups excluding tert-OH is 2. The quantitative estimate of drug-likeness (QED) is 0.353. The second-order valence-electron chi connectivity index (χ2n) is 8.94. The van der Waals surface area contributed by atoms with Gasteiger partial charge in [-0.15, -0.1) is 0 Å². The van der Waals surface area contributed by atoms with E-state index in [-0.39, 0.29) is 11.3 Å². The van der Waals surface area contributed by atoms with Gasteiger partial charge < -0.3 is 26.2 Å². The van der Waals surface area contributed by atoms with Crippen molar-refractivity contribution in [2.45, 2.75) is 30.6 Å². The number of hydrogen-bond acceptors (Lipinski definition) is 9. The summed E-state index contributed by atoms with van der Waals surface area (Å²) < 4.78 is 0. The third-order valence-corrected chi connectivity index (χ3v) is 7.13. The van der Waals surface area contributed by atoms with E-state index in [2.05, 4.69) is 0 Å². The first kappa shape index (κ1) is 22.1. The standard InChI is InChI=1S/C22H24N2O8/c1-7-8-5-4-6-9(25)11(8)16(26)12-10(7)17(27)14-15(24(2)3)18(28)13(21(23)31)20(30)22(14,32)19(12)29/h4-7,10,13-15,17,25-27,32H,1-3H3,(H2,23,31)/t7-,10+,13+,14+,15+,17+,22-/m1/s1. The molecular weight excluding hydrogens is 420 g/mol. The van der Waals surface area contributed by atoms with Gasteiger partial charge in [-0.05, 0) is 31.6 Å². The summed E-state index contributed by atoms with van der Waals surface area (Å²) in [4.78, 5) is 53.1. The fourth-order valence-corrected chi connectivity index (χ4v) is 5.72. The van der Waals surface area contributed by atoms with Crippen molar-refractivity contribution in [1.29, 1.82) is 0 Å². The predicted molar refractivity (Wildman–Crippen MR) is 109 cm³/mol. The van der Waals surface area contributed by atoms with Gasteiger partial charge in [-0.2, -0.15) is 0 Å². The molecule has 3 aliphatic rings. The van der Waals surface area contributed by atoms with Gasteiger partial charge >= 0.3 is 0 Å². The van der Waals surface area contributed by atoms with Gasteiger partial charge in [-0.25, -0.2) is 0 Å². The highest BCUT2D eigenvalue weighted by molar-refractivity contribution is 6.32. The van der Waals surface area contributed by atoms with Crippen LogP contribution in [-0.4, -0.2) is 80.4 Å². The van der Waals surface area contributed by atoms with Crippen LogP contribution in [0, 0.1) is 17.8 Å². The number of phenolic OH excluding ortho intramolecular Hbond substituents is 1. The molecule has 0 spiro atoms. The van der Waals surface area contributed by atoms with Crippen LogP contribution in [0.15, 0.2) is 23.8 Å². The first-order valence-corrected chi connectivity index (χ1v) is 10.1. The highest BCUT2D eigenvalue weighted by atomic mass is 16.3. The number of rotatable bonds is 2. The summed E-state index contributed by atoms with van der Waals surface area (Å²) in [7, 11) is 2.91. The van der Waals surface area contributed by atoms with Crippen molar-refractivity contribution in [3.05, 3.63) is 34.9 Å². The maximum absolute atomic E-state index is 13.6. The van der Waals surface area contributed by atoms with E-state index in [0.29, 0.717) is 5.56 Å². The summed E-state index contributed by atoms with van der Waals surface area (Å²) in [6.45, 7) is 1.67. The molecule has 2 fully saturated rings. The van der Waals surface area contributed by atoms with Crippen LogP contribution in [-0.2, 0) is 19.2 Å². The van der Waals surface area contributed by atoms with Crippen molar-refractivity contribution < 1.29 is 39.6 Å². The van der Waals surface area contributed by atoms with Crippen LogP contribution < -0.4 is 5.73 Å². The molecule has 0 radical (unpaired) electrons. The minimum absolute atomic E-state index is 0.0382. The van der Waals surface area contributed by atoms with E-state index in [1.54, 1.807) is 19.1 Å². The van der Waals surface area contributed by atoms with Gasteiger partial charge in [0.1, 0.15) is 11.5 Å². The summed E-state index contributed by atoms with van der Waals surface area (Å²) in [5.74, 6) is -11.2. The number of benzene rings is 1. The first-order chi connectivity index (χ1) is 14.9. The first-order valence-electron chi connectivity index (χ1n) is 10.1. The van der Waals surface area contributed by atoms with E-state index in [0.717, 1.165) is 0 Å². The van der Waals surface area contributed by atoms with Gasteiger partial charge in [0.2, 0.25) is 11.7 Å². The highest BCUT2D eigenvalue weighted by Gasteiger charge is 2.71. The molecule has 32 heavy (non-hydrogen) atoms. The monoisotopic (exact) mass is 444 g/mol. The van der Waals surface area contributed by atoms with Crippen molar-refractivity contribution in [1.82, 2.24) is 4.90 Å². The maximum atomic E-state index is 13.6. The van der Waals surface area contributed by atoms with Gasteiger partial charge in [-0.1, -0.05) is 19.1 Å². The molecule has 7 atom stereocenters. The van der Waals surface area contributed by atoms with Crippen LogP contribution >= 0.6 is 0 Å². The number of carbonyl (C=O) groups is 4. The Balaban J connectivity index is 2.02. The van der Waals surface area contributed by atoms with Crippen LogP contribution in [0.3, 0.4) is 0 Å². The Bertz CT molecular complexity index is 1110. The molecule has 0 heterocycles. The molecule has 0 bridgehead atoms. The van der Waals surface area contributed by atoms with Gasteiger partial charge in [0.05, 0.1) is 23.6 Å². The molecule has 3 aliphatic carbocycles. The Kier molecular flexibility index (Phi) is 4.81. The number of ketones is 3. The largest absolute Gasteiger partial charge is 0.507 e. The van der Waals surface area contributed by atoms with Crippen LogP contribution in [0.2, 0.25) is 0 Å². The normalized spacial score (nSPS) is 36.6. The average molecular weight is 444 g/mol. The lowest BCUT2D eigenvalue weighted by atomic mass is 9.52. The topological polar surface area (TPSA) is 178 Å². The molecule has 170 valence electrons. The molecule has 0 aromatic heterocycles. The third kappa shape index (κ3) is 2.51. The lowest BCUT2D eigenvalue weighted by molar-refractivity contribution is -0.187. The van der Waals surface area contributed by atoms with E-state index >= 15 is 0 Å². The molecule has 10 heteroatoms. The number of carbonyl (C=O) groups excluding carboxylic acids is 4. The number of nitrogens with zero attached hydrogens (tertiary/aromatic N) is 1. The molecule has 2 saturated carbocycles. The van der Waals surface area contributed by atoms with E-state index in [1.807, 2.05) is 0 Å². The Labute approximate surface area is 182 Å². The van der Waals surface area contributed by atoms with Crippen LogP contribution in [0.4, 0.5) is 0 Å². The van der Waals surface area contributed by atoms with Crippen molar-refractivity contribution in [3.8, 4) is 5.75 Å². The smallest absolute Gasteiger partial charge is 0.235 e. The minimum Gasteiger partial charge on any atom is -0.507 e. The number of aliphatic hydroxyl groups is 3. The zero-order valence-corrected chi connectivity index (χ0v) is 17.6. The van der Waals surface area contributed by atoms with Crippen LogP contribution in [0.1, 0.15) is 24.0 Å². The number of fused-ring (bicyclic) bond motifs is 3. The summed E-state index contributed by atoms with van der Waals surface area (Å²) >= 11 is 0. The van der Waals surface area contributed by atoms with E-state index in [9.17, 15) is 39.6 Å². The average Bonchev–Trinajstić information content (AvgIpc) is 2.70. The van der Waals surface area contributed by atoms with Crippen LogP contribution in [0.25, 0.3) is 5.76 Å². The molecule has 1 amide bonds. The summed E-state index contributed by atoms with van der Waals surface area (Å²) in [6.07, 6.45) is -1.62. The number of Topliss-reactive ketones (excluding diaryl/α,β-unsaturated/α-hetero) is 3. The van der Waals surface area contributed by atoms with Crippen LogP contribution in [0.5, 0.6) is 5.75 Å².